The average molecular weight is 261 g/mol. The van der Waals surface area contributed by atoms with Crippen molar-refractivity contribution in [2.45, 2.75) is 10.3 Å². The van der Waals surface area contributed by atoms with E-state index in [1.165, 1.54) is 0 Å². The Bertz CT molecular complexity index is 439. The minimum atomic E-state index is -4.01. The van der Waals surface area contributed by atoms with Gasteiger partial charge in [-0.2, -0.15) is 8.78 Å². The fourth-order valence-corrected chi connectivity index (χ4v) is 1.74. The molecule has 0 heterocycles. The van der Waals surface area contributed by atoms with E-state index in [0.29, 0.717) is 0 Å². The lowest BCUT2D eigenvalue weighted by molar-refractivity contribution is 0.0949. The summed E-state index contributed by atoms with van der Waals surface area (Å²) in [5.41, 5.74) is -0.610. The van der Waals surface area contributed by atoms with Gasteiger partial charge in [0.15, 0.2) is 0 Å². The summed E-state index contributed by atoms with van der Waals surface area (Å²) in [6.07, 6.45) is 0. The van der Waals surface area contributed by atoms with Crippen LogP contribution < -0.4 is 0 Å². The Morgan fingerprint density at radius 2 is 1.86 bits per heavy atom. The first kappa shape index (κ1) is 11.7. The Labute approximate surface area is 88.9 Å². The first-order valence-corrected chi connectivity index (χ1v) is 6.02. The largest absolute Gasteiger partial charge is 0.348 e. The fourth-order valence-electron chi connectivity index (χ4n) is 0.824. The molecule has 2 nitrogen and oxygen atoms in total. The van der Waals surface area contributed by atoms with Crippen LogP contribution in [0.15, 0.2) is 29.2 Å². The highest BCUT2D eigenvalue weighted by atomic mass is 35.7. The van der Waals surface area contributed by atoms with Crippen LogP contribution in [0.25, 0.3) is 0 Å². The van der Waals surface area contributed by atoms with Crippen LogP contribution in [0.1, 0.15) is 5.56 Å². The first-order valence-electron chi connectivity index (χ1n) is 3.33. The number of halogens is 4. The van der Waals surface area contributed by atoms with Gasteiger partial charge in [0, 0.05) is 16.2 Å². The van der Waals surface area contributed by atoms with Gasteiger partial charge in [0.25, 0.3) is 9.05 Å². The second kappa shape index (κ2) is 3.64. The van der Waals surface area contributed by atoms with Crippen LogP contribution in [0, 0.1) is 0 Å². The van der Waals surface area contributed by atoms with Gasteiger partial charge in [-0.1, -0.05) is 12.1 Å². The van der Waals surface area contributed by atoms with Crippen molar-refractivity contribution in [2.75, 3.05) is 0 Å². The van der Waals surface area contributed by atoms with Crippen LogP contribution in [0.4, 0.5) is 8.78 Å². The summed E-state index contributed by atoms with van der Waals surface area (Å²) in [6, 6.07) is 3.99. The van der Waals surface area contributed by atoms with Crippen LogP contribution in [0.2, 0.25) is 0 Å². The summed E-state index contributed by atoms with van der Waals surface area (Å²) in [5, 5.41) is -3.60. The third-order valence-electron chi connectivity index (χ3n) is 1.44. The van der Waals surface area contributed by atoms with E-state index in [1.54, 1.807) is 0 Å². The Hall–Kier alpha value is -0.390. The van der Waals surface area contributed by atoms with E-state index in [9.17, 15) is 17.2 Å². The van der Waals surface area contributed by atoms with Gasteiger partial charge >= 0.3 is 5.38 Å². The highest BCUT2D eigenvalue weighted by molar-refractivity contribution is 8.13. The molecule has 0 radical (unpaired) electrons. The van der Waals surface area contributed by atoms with Gasteiger partial charge in [-0.3, -0.25) is 0 Å². The maximum absolute atomic E-state index is 12.6. The van der Waals surface area contributed by atoms with Crippen molar-refractivity contribution in [1.29, 1.82) is 0 Å². The zero-order valence-electron chi connectivity index (χ0n) is 6.55. The number of hydrogen-bond donors (Lipinski definition) is 0. The SMILES string of the molecule is O=S(=O)(Cl)c1cccc(C(F)(F)Cl)c1. The van der Waals surface area contributed by atoms with E-state index in [1.807, 2.05) is 0 Å². The van der Waals surface area contributed by atoms with E-state index in [0.717, 1.165) is 24.3 Å². The molecule has 0 amide bonds. The molecule has 0 unspecified atom stereocenters. The standard InChI is InChI=1S/C7H4Cl2F2O2S/c8-7(10,11)5-2-1-3-6(4-5)14(9,12)13/h1-4H. The molecule has 78 valence electrons. The smallest absolute Gasteiger partial charge is 0.207 e. The van der Waals surface area contributed by atoms with Crippen LogP contribution in [0.5, 0.6) is 0 Å². The Balaban J connectivity index is 3.29. The third-order valence-corrected chi connectivity index (χ3v) is 3.01. The average Bonchev–Trinajstić information content (AvgIpc) is 2.01. The molecule has 0 bridgehead atoms. The van der Waals surface area contributed by atoms with Crippen LogP contribution in [-0.2, 0) is 14.4 Å². The van der Waals surface area contributed by atoms with Crippen LogP contribution in [-0.4, -0.2) is 8.42 Å². The van der Waals surface area contributed by atoms with Crippen molar-refractivity contribution in [3.8, 4) is 0 Å². The van der Waals surface area contributed by atoms with E-state index in [2.05, 4.69) is 0 Å². The number of benzene rings is 1. The lowest BCUT2D eigenvalue weighted by atomic mass is 10.2. The fraction of sp³-hybridized carbons (Fsp3) is 0.143. The van der Waals surface area contributed by atoms with Crippen molar-refractivity contribution >= 4 is 31.3 Å². The van der Waals surface area contributed by atoms with Crippen LogP contribution in [0.3, 0.4) is 0 Å². The molecule has 0 aliphatic carbocycles. The normalized spacial score (nSPS) is 12.9. The molecular formula is C7H4Cl2F2O2S. The van der Waals surface area contributed by atoms with Gasteiger partial charge in [0.1, 0.15) is 0 Å². The van der Waals surface area contributed by atoms with Crippen molar-refractivity contribution in [3.63, 3.8) is 0 Å². The molecule has 0 aliphatic heterocycles. The monoisotopic (exact) mass is 260 g/mol. The molecule has 14 heavy (non-hydrogen) atoms. The van der Waals surface area contributed by atoms with Gasteiger partial charge in [-0.25, -0.2) is 8.42 Å². The maximum Gasteiger partial charge on any atom is 0.348 e. The number of hydrogen-bond acceptors (Lipinski definition) is 2. The zero-order chi connectivity index (χ0) is 11.0. The minimum absolute atomic E-state index is 0.406. The molecule has 0 spiro atoms. The lowest BCUT2D eigenvalue weighted by Crippen LogP contribution is -2.04. The maximum atomic E-state index is 12.6. The topological polar surface area (TPSA) is 34.1 Å². The molecule has 7 heteroatoms. The molecule has 1 aromatic carbocycles. The van der Waals surface area contributed by atoms with Gasteiger partial charge < -0.3 is 0 Å². The van der Waals surface area contributed by atoms with E-state index in [4.69, 9.17) is 22.3 Å². The molecule has 0 aromatic heterocycles. The van der Waals surface area contributed by atoms with Crippen molar-refractivity contribution in [2.24, 2.45) is 0 Å². The number of rotatable bonds is 2. The van der Waals surface area contributed by atoms with Gasteiger partial charge in [0.05, 0.1) is 4.90 Å². The second-order valence-electron chi connectivity index (χ2n) is 2.46. The Morgan fingerprint density at radius 1 is 1.29 bits per heavy atom. The first-order chi connectivity index (χ1) is 6.21. The summed E-state index contributed by atoms with van der Waals surface area (Å²) in [6.45, 7) is 0. The highest BCUT2D eigenvalue weighted by Crippen LogP contribution is 2.33. The predicted octanol–water partition coefficient (Wildman–Crippen LogP) is 2.90. The molecule has 0 atom stereocenters. The molecular weight excluding hydrogens is 257 g/mol. The quantitative estimate of drug-likeness (QED) is 0.606. The van der Waals surface area contributed by atoms with Gasteiger partial charge in [-0.15, -0.1) is 0 Å². The summed E-state index contributed by atoms with van der Waals surface area (Å²) in [7, 11) is 0.959. The summed E-state index contributed by atoms with van der Waals surface area (Å²) < 4.78 is 46.7. The zero-order valence-corrected chi connectivity index (χ0v) is 8.87. The third kappa shape index (κ3) is 2.80. The van der Waals surface area contributed by atoms with E-state index < -0.39 is 24.9 Å². The Morgan fingerprint density at radius 3 is 2.29 bits per heavy atom. The lowest BCUT2D eigenvalue weighted by Gasteiger charge is -2.08. The van der Waals surface area contributed by atoms with Crippen molar-refractivity contribution < 1.29 is 17.2 Å². The second-order valence-corrected chi connectivity index (χ2v) is 5.50. The van der Waals surface area contributed by atoms with E-state index in [-0.39, 0.29) is 0 Å². The summed E-state index contributed by atoms with van der Waals surface area (Å²) in [4.78, 5) is -0.406. The summed E-state index contributed by atoms with van der Waals surface area (Å²) >= 11 is 4.71. The molecule has 0 saturated carbocycles. The molecule has 1 aromatic rings. The molecule has 0 N–H and O–H groups in total. The van der Waals surface area contributed by atoms with E-state index >= 15 is 0 Å². The van der Waals surface area contributed by atoms with Crippen LogP contribution >= 0.6 is 22.3 Å². The molecule has 0 fully saturated rings. The minimum Gasteiger partial charge on any atom is -0.207 e. The highest BCUT2D eigenvalue weighted by Gasteiger charge is 2.28. The number of alkyl halides is 3. The Kier molecular flexibility index (Phi) is 3.04. The molecule has 1 rings (SSSR count). The van der Waals surface area contributed by atoms with Crippen molar-refractivity contribution in [1.82, 2.24) is 0 Å². The van der Waals surface area contributed by atoms with Gasteiger partial charge in [0.2, 0.25) is 0 Å². The molecule has 0 saturated heterocycles. The summed E-state index contributed by atoms with van der Waals surface area (Å²) in [5.74, 6) is 0. The molecule has 0 aliphatic rings. The predicted molar refractivity (Wildman–Crippen MR) is 49.2 cm³/mol. The van der Waals surface area contributed by atoms with Gasteiger partial charge in [-0.05, 0) is 23.7 Å². The van der Waals surface area contributed by atoms with Crippen molar-refractivity contribution in [3.05, 3.63) is 29.8 Å².